The Kier molecular flexibility index (Phi) is 6.53. The van der Waals surface area contributed by atoms with E-state index < -0.39 is 6.10 Å². The number of para-hydroxylation sites is 4. The molecule has 3 aromatic carbocycles. The second-order valence-corrected chi connectivity index (χ2v) is 7.89. The van der Waals surface area contributed by atoms with Gasteiger partial charge in [0.1, 0.15) is 36.6 Å². The van der Waals surface area contributed by atoms with Crippen LogP contribution in [0.3, 0.4) is 0 Å². The fraction of sp³-hybridized carbons (Fsp3) is 0.269. The lowest BCUT2D eigenvalue weighted by molar-refractivity contribution is 0.0911. The minimum absolute atomic E-state index is 0.204. The normalized spacial score (nSPS) is 12.3. The van der Waals surface area contributed by atoms with Crippen LogP contribution in [-0.4, -0.2) is 27.4 Å². The smallest absolute Gasteiger partial charge is 0.148 e. The molecule has 0 bridgehead atoms. The average molecular weight is 417 g/mol. The van der Waals surface area contributed by atoms with Crippen LogP contribution in [0.15, 0.2) is 78.9 Å². The molecule has 0 radical (unpaired) electrons. The molecule has 1 unspecified atom stereocenters. The molecule has 0 aliphatic heterocycles. The number of nitrogens with zero attached hydrogens (tertiary/aromatic N) is 2. The molecule has 0 saturated heterocycles. The summed E-state index contributed by atoms with van der Waals surface area (Å²) in [5.41, 5.74) is 2.99. The van der Waals surface area contributed by atoms with Crippen LogP contribution in [0.25, 0.3) is 11.0 Å². The first-order valence-electron chi connectivity index (χ1n) is 10.6. The molecule has 0 amide bonds. The molecule has 4 aromatic rings. The van der Waals surface area contributed by atoms with E-state index in [9.17, 15) is 5.11 Å². The molecular formula is C26H28N2O3. The molecule has 4 rings (SSSR count). The fourth-order valence-corrected chi connectivity index (χ4v) is 3.64. The molecule has 31 heavy (non-hydrogen) atoms. The van der Waals surface area contributed by atoms with E-state index in [1.54, 1.807) is 0 Å². The van der Waals surface area contributed by atoms with Crippen LogP contribution in [0.4, 0.5) is 0 Å². The molecule has 0 aliphatic carbocycles. The van der Waals surface area contributed by atoms with Gasteiger partial charge in [-0.2, -0.15) is 0 Å². The Balaban J connectivity index is 1.49. The van der Waals surface area contributed by atoms with Gasteiger partial charge in [0.25, 0.3) is 0 Å². The van der Waals surface area contributed by atoms with Gasteiger partial charge in [0.2, 0.25) is 0 Å². The Morgan fingerprint density at radius 2 is 1.58 bits per heavy atom. The minimum Gasteiger partial charge on any atom is -0.491 e. The number of benzene rings is 3. The van der Waals surface area contributed by atoms with Crippen molar-refractivity contribution in [2.45, 2.75) is 39.0 Å². The molecule has 1 heterocycles. The maximum atomic E-state index is 10.8. The molecule has 1 N–H and O–H groups in total. The van der Waals surface area contributed by atoms with Gasteiger partial charge in [-0.25, -0.2) is 4.98 Å². The predicted molar refractivity (Wildman–Crippen MR) is 123 cm³/mol. The number of aromatic nitrogens is 2. The SMILES string of the molecule is CC(C)c1ccccc1OCC(O)Cn1c(COc2ccccc2)nc2ccccc21. The molecule has 0 fully saturated rings. The van der Waals surface area contributed by atoms with Crippen molar-refractivity contribution in [2.75, 3.05) is 6.61 Å². The zero-order chi connectivity index (χ0) is 21.6. The Labute approximate surface area is 182 Å². The second-order valence-electron chi connectivity index (χ2n) is 7.89. The van der Waals surface area contributed by atoms with Crippen molar-refractivity contribution < 1.29 is 14.6 Å². The highest BCUT2D eigenvalue weighted by atomic mass is 16.5. The summed E-state index contributed by atoms with van der Waals surface area (Å²) in [6.07, 6.45) is -0.687. The summed E-state index contributed by atoms with van der Waals surface area (Å²) in [4.78, 5) is 4.72. The second kappa shape index (κ2) is 9.67. The Bertz CT molecular complexity index is 1120. The quantitative estimate of drug-likeness (QED) is 0.409. The number of hydrogen-bond acceptors (Lipinski definition) is 4. The third-order valence-corrected chi connectivity index (χ3v) is 5.21. The van der Waals surface area contributed by atoms with E-state index in [1.165, 1.54) is 0 Å². The molecule has 0 aliphatic rings. The number of rotatable bonds is 9. The number of ether oxygens (including phenoxy) is 2. The first-order chi connectivity index (χ1) is 15.1. The van der Waals surface area contributed by atoms with Gasteiger partial charge in [-0.15, -0.1) is 0 Å². The van der Waals surface area contributed by atoms with Crippen LogP contribution >= 0.6 is 0 Å². The molecule has 160 valence electrons. The summed E-state index contributed by atoms with van der Waals surface area (Å²) >= 11 is 0. The highest BCUT2D eigenvalue weighted by Crippen LogP contribution is 2.26. The van der Waals surface area contributed by atoms with Crippen LogP contribution in [0.2, 0.25) is 0 Å². The standard InChI is InChI=1S/C26H28N2O3/c1-19(2)22-12-6-9-15-25(22)31-17-20(29)16-28-24-14-8-7-13-23(24)27-26(28)18-30-21-10-4-3-5-11-21/h3-15,19-20,29H,16-18H2,1-2H3. The van der Waals surface area contributed by atoms with Crippen LogP contribution in [0.5, 0.6) is 11.5 Å². The molecule has 5 nitrogen and oxygen atoms in total. The van der Waals surface area contributed by atoms with Gasteiger partial charge in [-0.05, 0) is 41.8 Å². The number of hydrogen-bond donors (Lipinski definition) is 1. The number of aliphatic hydroxyl groups excluding tert-OH is 1. The maximum Gasteiger partial charge on any atom is 0.148 e. The van der Waals surface area contributed by atoms with Crippen LogP contribution in [0, 0.1) is 0 Å². The minimum atomic E-state index is -0.687. The molecule has 1 aromatic heterocycles. The van der Waals surface area contributed by atoms with Crippen molar-refractivity contribution in [3.8, 4) is 11.5 Å². The number of aliphatic hydroxyl groups is 1. The highest BCUT2D eigenvalue weighted by molar-refractivity contribution is 5.75. The largest absolute Gasteiger partial charge is 0.491 e. The van der Waals surface area contributed by atoms with E-state index in [-0.39, 0.29) is 6.61 Å². The zero-order valence-electron chi connectivity index (χ0n) is 17.9. The average Bonchev–Trinajstić information content (AvgIpc) is 3.14. The van der Waals surface area contributed by atoms with Gasteiger partial charge in [0, 0.05) is 0 Å². The summed E-state index contributed by atoms with van der Waals surface area (Å²) in [7, 11) is 0. The van der Waals surface area contributed by atoms with E-state index in [1.807, 2.05) is 77.4 Å². The lowest BCUT2D eigenvalue weighted by Gasteiger charge is -2.18. The topological polar surface area (TPSA) is 56.5 Å². The first kappa shape index (κ1) is 20.9. The summed E-state index contributed by atoms with van der Waals surface area (Å²) in [6, 6.07) is 25.6. The third-order valence-electron chi connectivity index (χ3n) is 5.21. The van der Waals surface area contributed by atoms with Gasteiger partial charge < -0.3 is 19.1 Å². The van der Waals surface area contributed by atoms with E-state index in [4.69, 9.17) is 14.5 Å². The van der Waals surface area contributed by atoms with E-state index in [0.717, 1.165) is 33.9 Å². The van der Waals surface area contributed by atoms with Crippen LogP contribution in [0.1, 0.15) is 31.2 Å². The van der Waals surface area contributed by atoms with Crippen molar-refractivity contribution in [2.24, 2.45) is 0 Å². The summed E-state index contributed by atoms with van der Waals surface area (Å²) < 4.78 is 13.9. The summed E-state index contributed by atoms with van der Waals surface area (Å²) in [5.74, 6) is 2.73. The van der Waals surface area contributed by atoms with Crippen molar-refractivity contribution in [3.63, 3.8) is 0 Å². The Hall–Kier alpha value is -3.31. The lowest BCUT2D eigenvalue weighted by Crippen LogP contribution is -2.25. The van der Waals surface area contributed by atoms with Crippen molar-refractivity contribution >= 4 is 11.0 Å². The van der Waals surface area contributed by atoms with E-state index in [2.05, 4.69) is 19.9 Å². The molecule has 0 spiro atoms. The Morgan fingerprint density at radius 1 is 0.871 bits per heavy atom. The number of fused-ring (bicyclic) bond motifs is 1. The van der Waals surface area contributed by atoms with Gasteiger partial charge in [0.15, 0.2) is 0 Å². The lowest BCUT2D eigenvalue weighted by atomic mass is 10.0. The third kappa shape index (κ3) is 5.06. The van der Waals surface area contributed by atoms with Gasteiger partial charge >= 0.3 is 0 Å². The fourth-order valence-electron chi connectivity index (χ4n) is 3.64. The maximum absolute atomic E-state index is 10.8. The Morgan fingerprint density at radius 3 is 2.39 bits per heavy atom. The predicted octanol–water partition coefficient (Wildman–Crippen LogP) is 5.18. The number of imidazole rings is 1. The van der Waals surface area contributed by atoms with E-state index >= 15 is 0 Å². The van der Waals surface area contributed by atoms with Gasteiger partial charge in [-0.3, -0.25) is 0 Å². The van der Waals surface area contributed by atoms with Gasteiger partial charge in [-0.1, -0.05) is 62.4 Å². The van der Waals surface area contributed by atoms with Crippen LogP contribution in [-0.2, 0) is 13.2 Å². The first-order valence-corrected chi connectivity index (χ1v) is 10.6. The molecule has 1 atom stereocenters. The van der Waals surface area contributed by atoms with Crippen molar-refractivity contribution in [1.82, 2.24) is 9.55 Å². The van der Waals surface area contributed by atoms with Crippen molar-refractivity contribution in [3.05, 3.63) is 90.3 Å². The highest BCUT2D eigenvalue weighted by Gasteiger charge is 2.16. The molecule has 5 heteroatoms. The summed E-state index contributed by atoms with van der Waals surface area (Å²) in [6.45, 7) is 5.17. The monoisotopic (exact) mass is 416 g/mol. The molecule has 0 saturated carbocycles. The summed E-state index contributed by atoms with van der Waals surface area (Å²) in [5, 5.41) is 10.8. The van der Waals surface area contributed by atoms with Gasteiger partial charge in [0.05, 0.1) is 17.6 Å². The van der Waals surface area contributed by atoms with Crippen molar-refractivity contribution in [1.29, 1.82) is 0 Å². The van der Waals surface area contributed by atoms with E-state index in [0.29, 0.717) is 19.1 Å². The zero-order valence-corrected chi connectivity index (χ0v) is 17.9. The van der Waals surface area contributed by atoms with Crippen LogP contribution < -0.4 is 9.47 Å². The molecular weight excluding hydrogens is 388 g/mol.